The third kappa shape index (κ3) is 6.10. The Hall–Kier alpha value is -2.86. The first-order valence-corrected chi connectivity index (χ1v) is 7.50. The first-order valence-electron chi connectivity index (χ1n) is 7.50. The van der Waals surface area contributed by atoms with Crippen LogP contribution >= 0.6 is 0 Å². The Bertz CT molecular complexity index is 645. The van der Waals surface area contributed by atoms with Gasteiger partial charge in [-0.2, -0.15) is 0 Å². The Morgan fingerprint density at radius 3 is 2.25 bits per heavy atom. The second-order valence-electron chi connectivity index (χ2n) is 5.06. The number of benzene rings is 2. The number of hydrogen-bond acceptors (Lipinski definition) is 5. The zero-order chi connectivity index (χ0) is 17.2. The Morgan fingerprint density at radius 2 is 1.58 bits per heavy atom. The van der Waals surface area contributed by atoms with Gasteiger partial charge in [0.25, 0.3) is 0 Å². The van der Waals surface area contributed by atoms with Crippen LogP contribution in [0.1, 0.15) is 15.9 Å². The largest absolute Gasteiger partial charge is 0.459 e. The van der Waals surface area contributed by atoms with Gasteiger partial charge in [0.2, 0.25) is 0 Å². The maximum absolute atomic E-state index is 11.7. The quantitative estimate of drug-likeness (QED) is 0.760. The number of amides is 1. The van der Waals surface area contributed by atoms with Gasteiger partial charge in [0.05, 0.1) is 12.1 Å². The van der Waals surface area contributed by atoms with E-state index < -0.39 is 18.2 Å². The number of hydrogen-bond donors (Lipinski definition) is 2. The van der Waals surface area contributed by atoms with Crippen LogP contribution < -0.4 is 5.32 Å². The summed E-state index contributed by atoms with van der Waals surface area (Å²) < 4.78 is 9.97. The molecule has 1 atom stereocenters. The molecule has 0 radical (unpaired) electrons. The van der Waals surface area contributed by atoms with Gasteiger partial charge in [-0.1, -0.05) is 48.5 Å². The van der Waals surface area contributed by atoms with Crippen molar-refractivity contribution in [2.75, 3.05) is 13.2 Å². The zero-order valence-corrected chi connectivity index (χ0v) is 13.1. The Kier molecular flexibility index (Phi) is 6.79. The van der Waals surface area contributed by atoms with Crippen molar-refractivity contribution in [1.29, 1.82) is 0 Å². The zero-order valence-electron chi connectivity index (χ0n) is 13.1. The van der Waals surface area contributed by atoms with Crippen molar-refractivity contribution >= 4 is 12.1 Å². The fraction of sp³-hybridized carbons (Fsp3) is 0.222. The van der Waals surface area contributed by atoms with E-state index in [0.717, 1.165) is 5.56 Å². The number of aliphatic hydroxyl groups is 1. The van der Waals surface area contributed by atoms with Crippen LogP contribution in [0.15, 0.2) is 60.7 Å². The molecule has 0 aliphatic carbocycles. The van der Waals surface area contributed by atoms with E-state index in [1.807, 2.05) is 30.3 Å². The minimum absolute atomic E-state index is 0.0737. The summed E-state index contributed by atoms with van der Waals surface area (Å²) in [7, 11) is 0. The monoisotopic (exact) mass is 329 g/mol. The molecule has 24 heavy (non-hydrogen) atoms. The molecule has 0 saturated carbocycles. The van der Waals surface area contributed by atoms with Gasteiger partial charge in [-0.15, -0.1) is 0 Å². The lowest BCUT2D eigenvalue weighted by molar-refractivity contribution is 0.0257. The predicted molar refractivity (Wildman–Crippen MR) is 87.4 cm³/mol. The van der Waals surface area contributed by atoms with Gasteiger partial charge in [0.15, 0.2) is 0 Å². The first-order chi connectivity index (χ1) is 11.6. The van der Waals surface area contributed by atoms with Crippen LogP contribution in [0.4, 0.5) is 4.79 Å². The van der Waals surface area contributed by atoms with Crippen molar-refractivity contribution in [1.82, 2.24) is 5.32 Å². The number of alkyl carbamates (subject to hydrolysis) is 1. The van der Waals surface area contributed by atoms with E-state index in [1.165, 1.54) is 0 Å². The number of esters is 1. The van der Waals surface area contributed by atoms with Gasteiger partial charge in [-0.05, 0) is 17.7 Å². The lowest BCUT2D eigenvalue weighted by Crippen LogP contribution is -2.35. The molecule has 1 amide bonds. The first kappa shape index (κ1) is 17.5. The molecule has 2 aromatic carbocycles. The summed E-state index contributed by atoms with van der Waals surface area (Å²) in [5.41, 5.74) is 1.27. The van der Waals surface area contributed by atoms with Gasteiger partial charge >= 0.3 is 12.1 Å². The Labute approximate surface area is 140 Å². The highest BCUT2D eigenvalue weighted by molar-refractivity contribution is 5.89. The van der Waals surface area contributed by atoms with Crippen molar-refractivity contribution < 1.29 is 24.2 Å². The molecule has 0 fully saturated rings. The van der Waals surface area contributed by atoms with E-state index >= 15 is 0 Å². The molecule has 0 spiro atoms. The van der Waals surface area contributed by atoms with Crippen molar-refractivity contribution in [3.63, 3.8) is 0 Å². The standard InChI is InChI=1S/C18H19NO5/c20-16(13-23-17(21)15-9-5-2-6-10-15)11-19-18(22)24-12-14-7-3-1-4-8-14/h1-10,16,20H,11-13H2,(H,19,22). The normalized spacial score (nSPS) is 11.4. The van der Waals surface area contributed by atoms with Crippen LogP contribution in [0.25, 0.3) is 0 Å². The fourth-order valence-electron chi connectivity index (χ4n) is 1.86. The van der Waals surface area contributed by atoms with E-state index in [1.54, 1.807) is 30.3 Å². The Balaban J connectivity index is 1.63. The van der Waals surface area contributed by atoms with Crippen molar-refractivity contribution in [3.05, 3.63) is 71.8 Å². The van der Waals surface area contributed by atoms with Gasteiger partial charge in [-0.25, -0.2) is 9.59 Å². The molecule has 0 aliphatic rings. The molecule has 126 valence electrons. The fourth-order valence-corrected chi connectivity index (χ4v) is 1.86. The topological polar surface area (TPSA) is 84.9 Å². The summed E-state index contributed by atoms with van der Waals surface area (Å²) in [6, 6.07) is 17.7. The highest BCUT2D eigenvalue weighted by Crippen LogP contribution is 2.02. The van der Waals surface area contributed by atoms with Crippen LogP contribution in [0.3, 0.4) is 0 Å². The molecule has 0 aliphatic heterocycles. The molecule has 0 bridgehead atoms. The minimum atomic E-state index is -1.01. The van der Waals surface area contributed by atoms with Crippen LogP contribution in [0.5, 0.6) is 0 Å². The van der Waals surface area contributed by atoms with Gasteiger partial charge < -0.3 is 19.9 Å². The molecule has 6 heteroatoms. The lowest BCUT2D eigenvalue weighted by atomic mass is 10.2. The van der Waals surface area contributed by atoms with Gasteiger partial charge in [-0.3, -0.25) is 0 Å². The summed E-state index contributed by atoms with van der Waals surface area (Å²) in [6.45, 7) is -0.145. The minimum Gasteiger partial charge on any atom is -0.459 e. The summed E-state index contributed by atoms with van der Waals surface area (Å²) in [6.07, 6.45) is -1.66. The molecular formula is C18H19NO5. The number of ether oxygens (including phenoxy) is 2. The number of aliphatic hydroxyl groups excluding tert-OH is 1. The molecule has 0 aromatic heterocycles. The van der Waals surface area contributed by atoms with Crippen LogP contribution in [0, 0.1) is 0 Å². The number of nitrogens with one attached hydrogen (secondary N) is 1. The smallest absolute Gasteiger partial charge is 0.407 e. The van der Waals surface area contributed by atoms with Gasteiger partial charge in [0, 0.05) is 0 Å². The predicted octanol–water partition coefficient (Wildman–Crippen LogP) is 2.13. The molecule has 2 N–H and O–H groups in total. The van der Waals surface area contributed by atoms with E-state index in [0.29, 0.717) is 5.56 Å². The number of rotatable bonds is 7. The molecule has 0 heterocycles. The summed E-state index contributed by atoms with van der Waals surface area (Å²) in [4.78, 5) is 23.2. The Morgan fingerprint density at radius 1 is 0.958 bits per heavy atom. The molecular weight excluding hydrogens is 310 g/mol. The average Bonchev–Trinajstić information content (AvgIpc) is 2.64. The van der Waals surface area contributed by atoms with E-state index in [2.05, 4.69) is 5.32 Å². The summed E-state index contributed by atoms with van der Waals surface area (Å²) >= 11 is 0. The van der Waals surface area contributed by atoms with E-state index in [9.17, 15) is 14.7 Å². The van der Waals surface area contributed by atoms with Crippen molar-refractivity contribution in [2.45, 2.75) is 12.7 Å². The van der Waals surface area contributed by atoms with Crippen LogP contribution in [0.2, 0.25) is 0 Å². The van der Waals surface area contributed by atoms with E-state index in [-0.39, 0.29) is 19.8 Å². The second-order valence-corrected chi connectivity index (χ2v) is 5.06. The maximum Gasteiger partial charge on any atom is 0.407 e. The summed E-state index contributed by atoms with van der Waals surface area (Å²) in [5.74, 6) is -0.527. The van der Waals surface area contributed by atoms with E-state index in [4.69, 9.17) is 9.47 Å². The molecule has 0 saturated heterocycles. The lowest BCUT2D eigenvalue weighted by Gasteiger charge is -2.12. The molecule has 1 unspecified atom stereocenters. The highest BCUT2D eigenvalue weighted by atomic mass is 16.6. The highest BCUT2D eigenvalue weighted by Gasteiger charge is 2.12. The average molecular weight is 329 g/mol. The van der Waals surface area contributed by atoms with Crippen LogP contribution in [-0.2, 0) is 16.1 Å². The third-order valence-electron chi connectivity index (χ3n) is 3.11. The molecule has 2 aromatic rings. The SMILES string of the molecule is O=C(NCC(O)COC(=O)c1ccccc1)OCc1ccccc1. The second kappa shape index (κ2) is 9.32. The van der Waals surface area contributed by atoms with Crippen LogP contribution in [-0.4, -0.2) is 36.4 Å². The third-order valence-corrected chi connectivity index (χ3v) is 3.11. The molecule has 6 nitrogen and oxygen atoms in total. The molecule has 2 rings (SSSR count). The number of carbonyl (C=O) groups excluding carboxylic acids is 2. The van der Waals surface area contributed by atoms with Crippen molar-refractivity contribution in [2.24, 2.45) is 0 Å². The maximum atomic E-state index is 11.7. The summed E-state index contributed by atoms with van der Waals surface area (Å²) in [5, 5.41) is 12.1. The van der Waals surface area contributed by atoms with Crippen molar-refractivity contribution in [3.8, 4) is 0 Å². The number of carbonyl (C=O) groups is 2. The van der Waals surface area contributed by atoms with Gasteiger partial charge in [0.1, 0.15) is 19.3 Å².